The average Bonchev–Trinajstić information content (AvgIpc) is 2.29. The predicted molar refractivity (Wildman–Crippen MR) is 72.6 cm³/mol. The minimum Gasteiger partial charge on any atom is -0.394 e. The molecular weight excluding hydrogens is 252 g/mol. The van der Waals surface area contributed by atoms with Gasteiger partial charge in [0.05, 0.1) is 12.6 Å². The number of benzene rings is 1. The van der Waals surface area contributed by atoms with E-state index >= 15 is 0 Å². The standard InChI is InChI=1S/C13H19ClN2O2/c1-9(10-4-6-11(14)7-5-10)15-13(18)12(8-17)16(2)3/h4-7,9,12,17H,8H2,1-3H3,(H,15,18)/t9?,12-/m0/s1. The summed E-state index contributed by atoms with van der Waals surface area (Å²) >= 11 is 5.81. The lowest BCUT2D eigenvalue weighted by atomic mass is 10.1. The van der Waals surface area contributed by atoms with Crippen LogP contribution in [0.4, 0.5) is 0 Å². The monoisotopic (exact) mass is 270 g/mol. The van der Waals surface area contributed by atoms with Crippen LogP contribution in [0.5, 0.6) is 0 Å². The zero-order chi connectivity index (χ0) is 13.7. The number of hydrogen-bond donors (Lipinski definition) is 2. The lowest BCUT2D eigenvalue weighted by Gasteiger charge is -2.23. The summed E-state index contributed by atoms with van der Waals surface area (Å²) in [5.41, 5.74) is 0.975. The Morgan fingerprint density at radius 1 is 1.39 bits per heavy atom. The molecule has 0 saturated heterocycles. The molecule has 1 rings (SSSR count). The first kappa shape index (κ1) is 15.0. The molecule has 100 valence electrons. The van der Waals surface area contributed by atoms with Crippen LogP contribution in [0.25, 0.3) is 0 Å². The number of aliphatic hydroxyl groups excluding tert-OH is 1. The van der Waals surface area contributed by atoms with Crippen molar-refractivity contribution in [3.8, 4) is 0 Å². The Labute approximate surface area is 113 Å². The summed E-state index contributed by atoms with van der Waals surface area (Å²) in [6.45, 7) is 1.69. The van der Waals surface area contributed by atoms with Crippen molar-refractivity contribution in [1.29, 1.82) is 0 Å². The fourth-order valence-electron chi connectivity index (χ4n) is 1.63. The molecule has 0 saturated carbocycles. The number of halogens is 1. The molecule has 2 atom stereocenters. The second kappa shape index (κ2) is 6.73. The van der Waals surface area contributed by atoms with Crippen LogP contribution in [0.1, 0.15) is 18.5 Å². The fourth-order valence-corrected chi connectivity index (χ4v) is 1.75. The predicted octanol–water partition coefficient (Wildman–Crippen LogP) is 1.44. The Balaban J connectivity index is 2.66. The van der Waals surface area contributed by atoms with Crippen LogP contribution in [0.15, 0.2) is 24.3 Å². The van der Waals surface area contributed by atoms with Gasteiger partial charge in [-0.2, -0.15) is 0 Å². The van der Waals surface area contributed by atoms with Crippen LogP contribution in [0, 0.1) is 0 Å². The van der Waals surface area contributed by atoms with Gasteiger partial charge in [0.25, 0.3) is 0 Å². The number of hydrogen-bond acceptors (Lipinski definition) is 3. The molecule has 1 aromatic carbocycles. The minimum absolute atomic E-state index is 0.122. The number of likely N-dealkylation sites (N-methyl/N-ethyl adjacent to an activating group) is 1. The van der Waals surface area contributed by atoms with Crippen LogP contribution in [0.3, 0.4) is 0 Å². The quantitative estimate of drug-likeness (QED) is 0.851. The summed E-state index contributed by atoms with van der Waals surface area (Å²) in [5, 5.41) is 12.7. The van der Waals surface area contributed by atoms with E-state index in [1.807, 2.05) is 19.1 Å². The summed E-state index contributed by atoms with van der Waals surface area (Å²) in [6, 6.07) is 6.67. The first-order valence-electron chi connectivity index (χ1n) is 5.78. The van der Waals surface area contributed by atoms with E-state index in [4.69, 9.17) is 16.7 Å². The molecule has 0 aliphatic carbocycles. The number of carbonyl (C=O) groups is 1. The molecule has 18 heavy (non-hydrogen) atoms. The van der Waals surface area contributed by atoms with E-state index in [0.717, 1.165) is 5.56 Å². The van der Waals surface area contributed by atoms with Crippen LogP contribution in [0.2, 0.25) is 5.02 Å². The smallest absolute Gasteiger partial charge is 0.240 e. The summed E-state index contributed by atoms with van der Waals surface area (Å²) in [6.07, 6.45) is 0. The number of nitrogens with zero attached hydrogens (tertiary/aromatic N) is 1. The number of nitrogens with one attached hydrogen (secondary N) is 1. The second-order valence-corrected chi connectivity index (χ2v) is 4.88. The van der Waals surface area contributed by atoms with E-state index in [1.54, 1.807) is 31.1 Å². The number of carbonyl (C=O) groups excluding carboxylic acids is 1. The molecule has 0 fully saturated rings. The minimum atomic E-state index is -0.528. The lowest BCUT2D eigenvalue weighted by molar-refractivity contribution is -0.127. The molecule has 1 amide bonds. The summed E-state index contributed by atoms with van der Waals surface area (Å²) < 4.78 is 0. The Kier molecular flexibility index (Phi) is 5.59. The SMILES string of the molecule is CC(NC(=O)[C@H](CO)N(C)C)c1ccc(Cl)cc1. The van der Waals surface area contributed by atoms with Gasteiger partial charge in [0, 0.05) is 5.02 Å². The van der Waals surface area contributed by atoms with Crippen molar-refractivity contribution in [2.45, 2.75) is 19.0 Å². The average molecular weight is 271 g/mol. The molecular formula is C13H19ClN2O2. The van der Waals surface area contributed by atoms with E-state index in [0.29, 0.717) is 5.02 Å². The summed E-state index contributed by atoms with van der Waals surface area (Å²) in [5.74, 6) is -0.190. The lowest BCUT2D eigenvalue weighted by Crippen LogP contribution is -2.46. The molecule has 1 aromatic rings. The number of aliphatic hydroxyl groups is 1. The zero-order valence-electron chi connectivity index (χ0n) is 10.9. The van der Waals surface area contributed by atoms with E-state index in [2.05, 4.69) is 5.32 Å². The molecule has 0 spiro atoms. The summed E-state index contributed by atoms with van der Waals surface area (Å²) in [4.78, 5) is 13.6. The highest BCUT2D eigenvalue weighted by Crippen LogP contribution is 2.16. The fraction of sp³-hybridized carbons (Fsp3) is 0.462. The maximum absolute atomic E-state index is 11.9. The van der Waals surface area contributed by atoms with Gasteiger partial charge < -0.3 is 10.4 Å². The molecule has 0 aromatic heterocycles. The molecule has 0 heterocycles. The van der Waals surface area contributed by atoms with Crippen molar-refractivity contribution in [1.82, 2.24) is 10.2 Å². The van der Waals surface area contributed by atoms with E-state index in [1.165, 1.54) is 0 Å². The molecule has 4 nitrogen and oxygen atoms in total. The normalized spacial score (nSPS) is 14.3. The van der Waals surface area contributed by atoms with Crippen molar-refractivity contribution in [2.24, 2.45) is 0 Å². The van der Waals surface area contributed by atoms with Gasteiger partial charge in [-0.25, -0.2) is 0 Å². The van der Waals surface area contributed by atoms with Crippen molar-refractivity contribution >= 4 is 17.5 Å². The number of rotatable bonds is 5. The van der Waals surface area contributed by atoms with Crippen LogP contribution in [-0.2, 0) is 4.79 Å². The molecule has 0 aliphatic heterocycles. The third-order valence-corrected chi connectivity index (χ3v) is 3.08. The first-order valence-corrected chi connectivity index (χ1v) is 6.16. The third-order valence-electron chi connectivity index (χ3n) is 2.83. The second-order valence-electron chi connectivity index (χ2n) is 4.44. The van der Waals surface area contributed by atoms with Crippen LogP contribution in [-0.4, -0.2) is 42.7 Å². The molecule has 1 unspecified atom stereocenters. The van der Waals surface area contributed by atoms with Gasteiger partial charge in [-0.05, 0) is 38.7 Å². The highest BCUT2D eigenvalue weighted by Gasteiger charge is 2.21. The maximum atomic E-state index is 11.9. The third kappa shape index (κ3) is 3.98. The van der Waals surface area contributed by atoms with Crippen molar-refractivity contribution in [3.63, 3.8) is 0 Å². The van der Waals surface area contributed by atoms with Gasteiger partial charge in [-0.3, -0.25) is 9.69 Å². The topological polar surface area (TPSA) is 52.6 Å². The van der Waals surface area contributed by atoms with E-state index in [9.17, 15) is 4.79 Å². The van der Waals surface area contributed by atoms with Crippen LogP contribution >= 0.6 is 11.6 Å². The van der Waals surface area contributed by atoms with Crippen molar-refractivity contribution < 1.29 is 9.90 Å². The highest BCUT2D eigenvalue weighted by atomic mass is 35.5. The molecule has 0 bridgehead atoms. The van der Waals surface area contributed by atoms with Crippen molar-refractivity contribution in [2.75, 3.05) is 20.7 Å². The largest absolute Gasteiger partial charge is 0.394 e. The van der Waals surface area contributed by atoms with E-state index in [-0.39, 0.29) is 18.6 Å². The zero-order valence-corrected chi connectivity index (χ0v) is 11.6. The van der Waals surface area contributed by atoms with Gasteiger partial charge in [0.2, 0.25) is 5.91 Å². The molecule has 0 radical (unpaired) electrons. The van der Waals surface area contributed by atoms with Gasteiger partial charge in [0.1, 0.15) is 6.04 Å². The van der Waals surface area contributed by atoms with Crippen molar-refractivity contribution in [3.05, 3.63) is 34.9 Å². The maximum Gasteiger partial charge on any atom is 0.240 e. The van der Waals surface area contributed by atoms with Gasteiger partial charge in [-0.1, -0.05) is 23.7 Å². The van der Waals surface area contributed by atoms with Crippen LogP contribution < -0.4 is 5.32 Å². The molecule has 2 N–H and O–H groups in total. The Morgan fingerprint density at radius 2 is 1.94 bits per heavy atom. The number of amides is 1. The molecule has 0 aliphatic rings. The van der Waals surface area contributed by atoms with Gasteiger partial charge in [-0.15, -0.1) is 0 Å². The Hall–Kier alpha value is -1.10. The summed E-state index contributed by atoms with van der Waals surface area (Å²) in [7, 11) is 3.51. The highest BCUT2D eigenvalue weighted by molar-refractivity contribution is 6.30. The Morgan fingerprint density at radius 3 is 2.39 bits per heavy atom. The molecule has 5 heteroatoms. The Bertz CT molecular complexity index is 392. The van der Waals surface area contributed by atoms with Gasteiger partial charge >= 0.3 is 0 Å². The first-order chi connectivity index (χ1) is 8.45. The van der Waals surface area contributed by atoms with E-state index < -0.39 is 6.04 Å². The van der Waals surface area contributed by atoms with Gasteiger partial charge in [0.15, 0.2) is 0 Å².